The number of rotatable bonds is 4. The highest BCUT2D eigenvalue weighted by Crippen LogP contribution is 2.31. The van der Waals surface area contributed by atoms with Gasteiger partial charge in [0.1, 0.15) is 0 Å². The van der Waals surface area contributed by atoms with Gasteiger partial charge in [-0.25, -0.2) is 8.42 Å². The topological polar surface area (TPSA) is 72.2 Å². The van der Waals surface area contributed by atoms with Crippen LogP contribution in [0.2, 0.25) is 5.02 Å². The molecule has 0 fully saturated rings. The number of hydrogen-bond donors (Lipinski definition) is 2. The van der Waals surface area contributed by atoms with E-state index in [1.807, 2.05) is 0 Å². The molecule has 7 heteroatoms. The van der Waals surface area contributed by atoms with Gasteiger partial charge in [0, 0.05) is 6.54 Å². The van der Waals surface area contributed by atoms with Crippen molar-refractivity contribution in [3.63, 3.8) is 0 Å². The minimum Gasteiger partial charge on any atom is -0.326 e. The molecule has 3 N–H and O–H groups in total. The molecule has 2 rings (SSSR count). The predicted octanol–water partition coefficient (Wildman–Crippen LogP) is 3.36. The third kappa shape index (κ3) is 3.15. The summed E-state index contributed by atoms with van der Waals surface area (Å²) in [6, 6.07) is 11.6. The summed E-state index contributed by atoms with van der Waals surface area (Å²) in [5, 5.41) is 0.428. The van der Waals surface area contributed by atoms with Gasteiger partial charge < -0.3 is 5.73 Å². The maximum Gasteiger partial charge on any atom is 0.262 e. The van der Waals surface area contributed by atoms with E-state index in [1.54, 1.807) is 36.4 Å². The van der Waals surface area contributed by atoms with E-state index >= 15 is 0 Å². The van der Waals surface area contributed by atoms with Gasteiger partial charge in [0.25, 0.3) is 10.0 Å². The fraction of sp³-hybridized carbons (Fsp3) is 0.0769. The lowest BCUT2D eigenvalue weighted by Gasteiger charge is -2.12. The molecule has 0 saturated carbocycles. The van der Waals surface area contributed by atoms with E-state index in [2.05, 4.69) is 20.7 Å². The molecule has 0 aromatic heterocycles. The zero-order chi connectivity index (χ0) is 14.8. The van der Waals surface area contributed by atoms with Crippen LogP contribution >= 0.6 is 27.5 Å². The molecule has 0 aliphatic heterocycles. The van der Waals surface area contributed by atoms with Crippen LogP contribution in [0.4, 0.5) is 5.69 Å². The highest BCUT2D eigenvalue weighted by Gasteiger charge is 2.19. The van der Waals surface area contributed by atoms with Crippen molar-refractivity contribution in [2.45, 2.75) is 11.4 Å². The van der Waals surface area contributed by atoms with Gasteiger partial charge in [0.15, 0.2) is 0 Å². The Morgan fingerprint density at radius 3 is 2.55 bits per heavy atom. The number of halogens is 2. The molecule has 0 aliphatic rings. The maximum atomic E-state index is 12.4. The van der Waals surface area contributed by atoms with Crippen LogP contribution in [0, 0.1) is 0 Å². The van der Waals surface area contributed by atoms with Crippen molar-refractivity contribution in [3.05, 3.63) is 57.5 Å². The van der Waals surface area contributed by atoms with Crippen LogP contribution in [0.25, 0.3) is 0 Å². The van der Waals surface area contributed by atoms with Gasteiger partial charge in [-0.3, -0.25) is 4.72 Å². The molecule has 0 saturated heterocycles. The quantitative estimate of drug-likeness (QED) is 0.860. The largest absolute Gasteiger partial charge is 0.326 e. The predicted molar refractivity (Wildman–Crippen MR) is 84.3 cm³/mol. The zero-order valence-corrected chi connectivity index (χ0v) is 13.5. The van der Waals surface area contributed by atoms with Crippen molar-refractivity contribution in [2.24, 2.45) is 5.73 Å². The molecule has 0 heterocycles. The molecular weight excluding hydrogens is 364 g/mol. The average Bonchev–Trinajstić information content (AvgIpc) is 2.43. The SMILES string of the molecule is NCc1ccccc1S(=O)(=O)Nc1cccc(Cl)c1Br. The average molecular weight is 376 g/mol. The van der Waals surface area contributed by atoms with Gasteiger partial charge in [-0.15, -0.1) is 0 Å². The minimum atomic E-state index is -3.71. The number of sulfonamides is 1. The first kappa shape index (κ1) is 15.3. The molecule has 106 valence electrons. The van der Waals surface area contributed by atoms with Crippen molar-refractivity contribution < 1.29 is 8.42 Å². The first-order valence-electron chi connectivity index (χ1n) is 5.70. The molecule has 4 nitrogen and oxygen atoms in total. The third-order valence-electron chi connectivity index (χ3n) is 2.68. The molecule has 0 amide bonds. The molecule has 2 aromatic carbocycles. The normalized spacial score (nSPS) is 11.3. The summed E-state index contributed by atoms with van der Waals surface area (Å²) < 4.78 is 27.8. The molecule has 0 bridgehead atoms. The summed E-state index contributed by atoms with van der Waals surface area (Å²) in [5.41, 5.74) is 6.50. The van der Waals surface area contributed by atoms with Gasteiger partial charge >= 0.3 is 0 Å². The van der Waals surface area contributed by atoms with E-state index in [0.717, 1.165) is 0 Å². The number of nitrogens with two attached hydrogens (primary N) is 1. The summed E-state index contributed by atoms with van der Waals surface area (Å²) in [5.74, 6) is 0. The highest BCUT2D eigenvalue weighted by atomic mass is 79.9. The van der Waals surface area contributed by atoms with Gasteiger partial charge in [0.05, 0.1) is 20.1 Å². The van der Waals surface area contributed by atoms with Crippen molar-refractivity contribution >= 4 is 43.2 Å². The Morgan fingerprint density at radius 2 is 1.85 bits per heavy atom. The molecule has 0 radical (unpaired) electrons. The second kappa shape index (κ2) is 6.13. The lowest BCUT2D eigenvalue weighted by Crippen LogP contribution is -2.16. The monoisotopic (exact) mass is 374 g/mol. The Labute approximate surface area is 131 Å². The van der Waals surface area contributed by atoms with Crippen molar-refractivity contribution in [1.82, 2.24) is 0 Å². The zero-order valence-electron chi connectivity index (χ0n) is 10.3. The van der Waals surface area contributed by atoms with Crippen LogP contribution in [0.1, 0.15) is 5.56 Å². The van der Waals surface area contributed by atoms with Crippen LogP contribution in [0.15, 0.2) is 51.8 Å². The molecule has 0 spiro atoms. The van der Waals surface area contributed by atoms with Crippen molar-refractivity contribution in [2.75, 3.05) is 4.72 Å². The van der Waals surface area contributed by atoms with Gasteiger partial charge in [-0.05, 0) is 39.7 Å². The molecule has 20 heavy (non-hydrogen) atoms. The highest BCUT2D eigenvalue weighted by molar-refractivity contribution is 9.10. The standard InChI is InChI=1S/C13H12BrClN2O2S/c14-13-10(15)5-3-6-11(13)17-20(18,19)12-7-2-1-4-9(12)8-16/h1-7,17H,8,16H2. The summed E-state index contributed by atoms with van der Waals surface area (Å²) in [6.07, 6.45) is 0. The van der Waals surface area contributed by atoms with Crippen LogP contribution in [-0.4, -0.2) is 8.42 Å². The van der Waals surface area contributed by atoms with Gasteiger partial charge in [-0.1, -0.05) is 35.9 Å². The first-order chi connectivity index (χ1) is 9.45. The molecular formula is C13H12BrClN2O2S. The van der Waals surface area contributed by atoms with Crippen LogP contribution in [-0.2, 0) is 16.6 Å². The van der Waals surface area contributed by atoms with E-state index in [1.165, 1.54) is 6.07 Å². The Hall–Kier alpha value is -1.08. The first-order valence-corrected chi connectivity index (χ1v) is 8.36. The van der Waals surface area contributed by atoms with Gasteiger partial charge in [-0.2, -0.15) is 0 Å². The second-order valence-electron chi connectivity index (χ2n) is 4.02. The summed E-state index contributed by atoms with van der Waals surface area (Å²) in [7, 11) is -3.71. The van der Waals surface area contributed by atoms with E-state index in [9.17, 15) is 8.42 Å². The van der Waals surface area contributed by atoms with Gasteiger partial charge in [0.2, 0.25) is 0 Å². The maximum absolute atomic E-state index is 12.4. The van der Waals surface area contributed by atoms with E-state index in [4.69, 9.17) is 17.3 Å². The minimum absolute atomic E-state index is 0.147. The Bertz CT molecular complexity index is 735. The number of benzene rings is 2. The third-order valence-corrected chi connectivity index (χ3v) is 5.54. The molecule has 0 aliphatic carbocycles. The lowest BCUT2D eigenvalue weighted by atomic mass is 10.2. The summed E-state index contributed by atoms with van der Waals surface area (Å²) in [4.78, 5) is 0.161. The smallest absolute Gasteiger partial charge is 0.262 e. The van der Waals surface area contributed by atoms with Crippen LogP contribution in [0.3, 0.4) is 0 Å². The van der Waals surface area contributed by atoms with E-state index in [-0.39, 0.29) is 11.4 Å². The van der Waals surface area contributed by atoms with E-state index < -0.39 is 10.0 Å². The molecule has 2 aromatic rings. The van der Waals surface area contributed by atoms with Crippen LogP contribution < -0.4 is 10.5 Å². The number of hydrogen-bond acceptors (Lipinski definition) is 3. The Kier molecular flexibility index (Phi) is 4.70. The lowest BCUT2D eigenvalue weighted by molar-refractivity contribution is 0.600. The Morgan fingerprint density at radius 1 is 1.15 bits per heavy atom. The van der Waals surface area contributed by atoms with Crippen LogP contribution in [0.5, 0.6) is 0 Å². The van der Waals surface area contributed by atoms with E-state index in [0.29, 0.717) is 20.7 Å². The van der Waals surface area contributed by atoms with Crippen molar-refractivity contribution in [3.8, 4) is 0 Å². The molecule has 0 atom stereocenters. The fourth-order valence-electron chi connectivity index (χ4n) is 1.72. The number of nitrogens with one attached hydrogen (secondary N) is 1. The Balaban J connectivity index is 2.44. The summed E-state index contributed by atoms with van der Waals surface area (Å²) >= 11 is 9.20. The molecule has 0 unspecified atom stereocenters. The number of anilines is 1. The fourth-order valence-corrected chi connectivity index (χ4v) is 3.71. The summed E-state index contributed by atoms with van der Waals surface area (Å²) in [6.45, 7) is 0.147. The van der Waals surface area contributed by atoms with Crippen molar-refractivity contribution in [1.29, 1.82) is 0 Å². The second-order valence-corrected chi connectivity index (χ2v) is 6.87.